The first kappa shape index (κ1) is 14.7. The molecular weight excluding hydrogens is 284 g/mol. The topological polar surface area (TPSA) is 20.3 Å². The van der Waals surface area contributed by atoms with Crippen molar-refractivity contribution < 1.29 is 13.6 Å². The van der Waals surface area contributed by atoms with Crippen LogP contribution < -0.4 is 0 Å². The molecule has 0 bridgehead atoms. The van der Waals surface area contributed by atoms with Gasteiger partial charge in [-0.3, -0.25) is 4.79 Å². The minimum Gasteiger partial charge on any atom is -0.335 e. The smallest absolute Gasteiger partial charge is 0.257 e. The summed E-state index contributed by atoms with van der Waals surface area (Å²) in [7, 11) is 1.65. The Balaban J connectivity index is 1.93. The van der Waals surface area contributed by atoms with E-state index in [2.05, 4.69) is 6.07 Å². The number of fused-ring (bicyclic) bond motifs is 1. The maximum atomic E-state index is 13.8. The second kappa shape index (κ2) is 5.87. The first-order valence-corrected chi connectivity index (χ1v) is 7.38. The first-order valence-electron chi connectivity index (χ1n) is 7.38. The highest BCUT2D eigenvalue weighted by Crippen LogP contribution is 2.34. The summed E-state index contributed by atoms with van der Waals surface area (Å²) in [5, 5.41) is 0. The zero-order valence-corrected chi connectivity index (χ0v) is 12.4. The van der Waals surface area contributed by atoms with Crippen LogP contribution in [0.5, 0.6) is 0 Å². The minimum atomic E-state index is -0.692. The molecule has 0 radical (unpaired) electrons. The van der Waals surface area contributed by atoms with Gasteiger partial charge in [0.1, 0.15) is 11.6 Å². The van der Waals surface area contributed by atoms with Gasteiger partial charge in [0.2, 0.25) is 0 Å². The maximum absolute atomic E-state index is 13.8. The Kier molecular flexibility index (Phi) is 3.92. The standard InChI is InChI=1S/C18H17F2NO/c1-21(18(22)15-11-13(19)9-10-16(15)20)17-8-4-6-12-5-2-3-7-14(12)17/h2-3,5,7,9-11,17H,4,6,8H2,1H3/t17-/m1/s1. The van der Waals surface area contributed by atoms with Gasteiger partial charge in [-0.1, -0.05) is 24.3 Å². The van der Waals surface area contributed by atoms with E-state index < -0.39 is 17.5 Å². The van der Waals surface area contributed by atoms with E-state index in [4.69, 9.17) is 0 Å². The number of benzene rings is 2. The van der Waals surface area contributed by atoms with Crippen molar-refractivity contribution in [1.29, 1.82) is 0 Å². The SMILES string of the molecule is CN(C(=O)c1cc(F)ccc1F)[C@@H]1CCCc2ccccc21. The molecule has 2 aromatic carbocycles. The highest BCUT2D eigenvalue weighted by molar-refractivity contribution is 5.94. The second-order valence-corrected chi connectivity index (χ2v) is 5.65. The molecule has 114 valence electrons. The number of hydrogen-bond donors (Lipinski definition) is 0. The van der Waals surface area contributed by atoms with Crippen molar-refractivity contribution >= 4 is 5.91 Å². The Morgan fingerprint density at radius 3 is 2.77 bits per heavy atom. The van der Waals surface area contributed by atoms with E-state index >= 15 is 0 Å². The molecule has 1 atom stereocenters. The molecule has 3 rings (SSSR count). The van der Waals surface area contributed by atoms with Crippen LogP contribution in [0.4, 0.5) is 8.78 Å². The monoisotopic (exact) mass is 301 g/mol. The summed E-state index contributed by atoms with van der Waals surface area (Å²) >= 11 is 0. The molecule has 0 aromatic heterocycles. The van der Waals surface area contributed by atoms with Crippen LogP contribution in [0.3, 0.4) is 0 Å². The summed E-state index contributed by atoms with van der Waals surface area (Å²) < 4.78 is 27.1. The lowest BCUT2D eigenvalue weighted by molar-refractivity contribution is 0.0709. The summed E-state index contributed by atoms with van der Waals surface area (Å²) in [5.74, 6) is -1.79. The molecule has 0 saturated heterocycles. The van der Waals surface area contributed by atoms with Gasteiger partial charge < -0.3 is 4.90 Å². The third kappa shape index (κ3) is 2.61. The van der Waals surface area contributed by atoms with Crippen LogP contribution in [-0.2, 0) is 6.42 Å². The molecule has 0 saturated carbocycles. The van der Waals surface area contributed by atoms with Gasteiger partial charge in [0.05, 0.1) is 11.6 Å². The number of halogens is 2. The molecule has 0 aliphatic heterocycles. The van der Waals surface area contributed by atoms with Crippen LogP contribution in [0.1, 0.15) is 40.4 Å². The fourth-order valence-electron chi connectivity index (χ4n) is 3.12. The van der Waals surface area contributed by atoms with E-state index in [1.54, 1.807) is 7.05 Å². The van der Waals surface area contributed by atoms with Crippen LogP contribution in [-0.4, -0.2) is 17.9 Å². The van der Waals surface area contributed by atoms with Crippen molar-refractivity contribution in [2.24, 2.45) is 0 Å². The van der Waals surface area contributed by atoms with Gasteiger partial charge in [0.15, 0.2) is 0 Å². The molecule has 1 amide bonds. The molecule has 0 spiro atoms. The Morgan fingerprint density at radius 1 is 1.18 bits per heavy atom. The van der Waals surface area contributed by atoms with E-state index in [0.29, 0.717) is 0 Å². The summed E-state index contributed by atoms with van der Waals surface area (Å²) in [6.45, 7) is 0. The number of carbonyl (C=O) groups is 1. The first-order chi connectivity index (χ1) is 10.6. The highest BCUT2D eigenvalue weighted by atomic mass is 19.1. The predicted molar refractivity (Wildman–Crippen MR) is 80.6 cm³/mol. The zero-order chi connectivity index (χ0) is 15.7. The van der Waals surface area contributed by atoms with Gasteiger partial charge in [0.25, 0.3) is 5.91 Å². The summed E-state index contributed by atoms with van der Waals surface area (Å²) in [4.78, 5) is 14.1. The Labute approximate surface area is 128 Å². The van der Waals surface area contributed by atoms with E-state index in [0.717, 1.165) is 43.0 Å². The third-order valence-corrected chi connectivity index (χ3v) is 4.28. The highest BCUT2D eigenvalue weighted by Gasteiger charge is 2.28. The number of hydrogen-bond acceptors (Lipinski definition) is 1. The largest absolute Gasteiger partial charge is 0.335 e. The molecule has 22 heavy (non-hydrogen) atoms. The molecule has 0 N–H and O–H groups in total. The van der Waals surface area contributed by atoms with Crippen molar-refractivity contribution in [3.05, 3.63) is 70.8 Å². The number of rotatable bonds is 2. The number of carbonyl (C=O) groups excluding carboxylic acids is 1. The van der Waals surface area contributed by atoms with Crippen LogP contribution in [0.15, 0.2) is 42.5 Å². The van der Waals surface area contributed by atoms with Crippen molar-refractivity contribution in [3.8, 4) is 0 Å². The van der Waals surface area contributed by atoms with Crippen molar-refractivity contribution in [3.63, 3.8) is 0 Å². The van der Waals surface area contributed by atoms with Gasteiger partial charge in [0, 0.05) is 7.05 Å². The molecule has 1 aliphatic rings. The van der Waals surface area contributed by atoms with Gasteiger partial charge in [-0.2, -0.15) is 0 Å². The van der Waals surface area contributed by atoms with Crippen LogP contribution in [0, 0.1) is 11.6 Å². The quantitative estimate of drug-likeness (QED) is 0.817. The summed E-state index contributed by atoms with van der Waals surface area (Å²) in [6.07, 6.45) is 2.80. The predicted octanol–water partition coefficient (Wildman–Crippen LogP) is 4.11. The zero-order valence-electron chi connectivity index (χ0n) is 12.4. The number of nitrogens with zero attached hydrogens (tertiary/aromatic N) is 1. The molecule has 1 aliphatic carbocycles. The van der Waals surface area contributed by atoms with Crippen molar-refractivity contribution in [2.45, 2.75) is 25.3 Å². The van der Waals surface area contributed by atoms with Crippen LogP contribution >= 0.6 is 0 Å². The average molecular weight is 301 g/mol. The number of aryl methyl sites for hydroxylation is 1. The number of amides is 1. The van der Waals surface area contributed by atoms with Gasteiger partial charge in [-0.15, -0.1) is 0 Å². The van der Waals surface area contributed by atoms with E-state index in [-0.39, 0.29) is 11.6 Å². The lowest BCUT2D eigenvalue weighted by Crippen LogP contribution is -2.33. The van der Waals surface area contributed by atoms with E-state index in [1.807, 2.05) is 18.2 Å². The molecule has 0 unspecified atom stereocenters. The van der Waals surface area contributed by atoms with Crippen LogP contribution in [0.25, 0.3) is 0 Å². The lowest BCUT2D eigenvalue weighted by Gasteiger charge is -2.33. The average Bonchev–Trinajstić information content (AvgIpc) is 2.55. The molecular formula is C18H17F2NO. The summed E-state index contributed by atoms with van der Waals surface area (Å²) in [5.41, 5.74) is 2.10. The normalized spacial score (nSPS) is 17.0. The fraction of sp³-hybridized carbons (Fsp3) is 0.278. The van der Waals surface area contributed by atoms with Crippen molar-refractivity contribution in [1.82, 2.24) is 4.90 Å². The lowest BCUT2D eigenvalue weighted by atomic mass is 9.87. The fourth-order valence-corrected chi connectivity index (χ4v) is 3.12. The van der Waals surface area contributed by atoms with Gasteiger partial charge >= 0.3 is 0 Å². The van der Waals surface area contributed by atoms with Gasteiger partial charge in [-0.25, -0.2) is 8.78 Å². The van der Waals surface area contributed by atoms with Gasteiger partial charge in [-0.05, 0) is 48.6 Å². The van der Waals surface area contributed by atoms with Crippen molar-refractivity contribution in [2.75, 3.05) is 7.05 Å². The molecule has 2 aromatic rings. The molecule has 4 heteroatoms. The molecule has 0 heterocycles. The second-order valence-electron chi connectivity index (χ2n) is 5.65. The minimum absolute atomic E-state index is 0.0971. The van der Waals surface area contributed by atoms with Crippen LogP contribution in [0.2, 0.25) is 0 Å². The Morgan fingerprint density at radius 2 is 1.95 bits per heavy atom. The van der Waals surface area contributed by atoms with E-state index in [1.165, 1.54) is 10.5 Å². The Bertz CT molecular complexity index is 714. The molecule has 2 nitrogen and oxygen atoms in total. The maximum Gasteiger partial charge on any atom is 0.257 e. The Hall–Kier alpha value is -2.23. The molecule has 0 fully saturated rings. The third-order valence-electron chi connectivity index (χ3n) is 4.28. The summed E-state index contributed by atoms with van der Waals surface area (Å²) in [6, 6.07) is 10.9. The van der Waals surface area contributed by atoms with E-state index in [9.17, 15) is 13.6 Å².